The van der Waals surface area contributed by atoms with Crippen LogP contribution in [0.3, 0.4) is 0 Å². The van der Waals surface area contributed by atoms with Gasteiger partial charge in [0.15, 0.2) is 0 Å². The number of benzene rings is 1. The fraction of sp³-hybridized carbons (Fsp3) is 0.536. The van der Waals surface area contributed by atoms with Gasteiger partial charge in [-0.3, -0.25) is 19.5 Å². The van der Waals surface area contributed by atoms with Crippen LogP contribution in [0.5, 0.6) is 0 Å². The van der Waals surface area contributed by atoms with Gasteiger partial charge in [-0.2, -0.15) is 0 Å². The fourth-order valence-electron chi connectivity index (χ4n) is 5.59. The first-order valence-corrected chi connectivity index (χ1v) is 12.9. The number of hydrogen-bond donors (Lipinski definition) is 1. The molecule has 2 aromatic rings. The summed E-state index contributed by atoms with van der Waals surface area (Å²) in [5, 5.41) is 3.19. The van der Waals surface area contributed by atoms with Gasteiger partial charge in [-0.05, 0) is 42.9 Å². The van der Waals surface area contributed by atoms with Crippen LogP contribution in [-0.2, 0) is 16.0 Å². The zero-order valence-corrected chi connectivity index (χ0v) is 20.4. The Morgan fingerprint density at radius 1 is 1.00 bits per heavy atom. The first-order chi connectivity index (χ1) is 16.7. The van der Waals surface area contributed by atoms with Crippen molar-refractivity contribution in [2.24, 2.45) is 5.92 Å². The molecule has 34 heavy (non-hydrogen) atoms. The van der Waals surface area contributed by atoms with Crippen LogP contribution in [0.4, 0.5) is 0 Å². The highest BCUT2D eigenvalue weighted by atomic mass is 16.2. The summed E-state index contributed by atoms with van der Waals surface area (Å²) in [6, 6.07) is 15.9. The maximum absolute atomic E-state index is 13.3. The molecule has 2 atom stereocenters. The number of rotatable bonds is 9. The zero-order chi connectivity index (χ0) is 23.8. The molecule has 1 aromatic carbocycles. The molecule has 182 valence electrons. The molecule has 2 amide bonds. The van der Waals surface area contributed by atoms with Gasteiger partial charge >= 0.3 is 0 Å². The SMILES string of the molecule is CC[C@H](C(=O)N1CCN([C@@H](C(=O)NCCc2ccccn2)C2CCCC2)CC1)c1ccccc1. The second-order valence-electron chi connectivity index (χ2n) is 9.58. The lowest BCUT2D eigenvalue weighted by Gasteiger charge is -2.41. The molecule has 2 heterocycles. The third kappa shape index (κ3) is 6.03. The molecule has 4 rings (SSSR count). The molecule has 1 saturated heterocycles. The van der Waals surface area contributed by atoms with Crippen LogP contribution in [0.2, 0.25) is 0 Å². The second kappa shape index (κ2) is 12.1. The van der Waals surface area contributed by atoms with Crippen LogP contribution >= 0.6 is 0 Å². The monoisotopic (exact) mass is 462 g/mol. The van der Waals surface area contributed by atoms with E-state index in [1.54, 1.807) is 6.20 Å². The van der Waals surface area contributed by atoms with Gasteiger partial charge in [0.05, 0.1) is 12.0 Å². The third-order valence-electron chi connectivity index (χ3n) is 7.45. The summed E-state index contributed by atoms with van der Waals surface area (Å²) in [7, 11) is 0. The van der Waals surface area contributed by atoms with Crippen molar-refractivity contribution < 1.29 is 9.59 Å². The van der Waals surface area contributed by atoms with E-state index in [-0.39, 0.29) is 23.8 Å². The molecule has 0 radical (unpaired) electrons. The Morgan fingerprint density at radius 2 is 1.71 bits per heavy atom. The Bertz CT molecular complexity index is 907. The van der Waals surface area contributed by atoms with Crippen LogP contribution in [0.25, 0.3) is 0 Å². The van der Waals surface area contributed by atoms with Gasteiger partial charge in [0, 0.05) is 51.0 Å². The molecule has 6 nitrogen and oxygen atoms in total. The molecule has 1 aliphatic carbocycles. The van der Waals surface area contributed by atoms with E-state index in [0.29, 0.717) is 25.6 Å². The number of piperazine rings is 1. The normalized spacial score (nSPS) is 19.0. The van der Waals surface area contributed by atoms with Crippen molar-refractivity contribution >= 4 is 11.8 Å². The van der Waals surface area contributed by atoms with Crippen molar-refractivity contribution in [2.75, 3.05) is 32.7 Å². The van der Waals surface area contributed by atoms with E-state index in [0.717, 1.165) is 50.0 Å². The fourth-order valence-corrected chi connectivity index (χ4v) is 5.59. The molecular weight excluding hydrogens is 424 g/mol. The maximum Gasteiger partial charge on any atom is 0.237 e. The van der Waals surface area contributed by atoms with E-state index < -0.39 is 0 Å². The summed E-state index contributed by atoms with van der Waals surface area (Å²) >= 11 is 0. The highest BCUT2D eigenvalue weighted by Gasteiger charge is 2.37. The van der Waals surface area contributed by atoms with Gasteiger partial charge in [-0.1, -0.05) is 56.2 Å². The number of pyridine rings is 1. The van der Waals surface area contributed by atoms with Crippen molar-refractivity contribution in [3.63, 3.8) is 0 Å². The summed E-state index contributed by atoms with van der Waals surface area (Å²) in [5.74, 6) is 0.669. The molecule has 6 heteroatoms. The molecule has 0 spiro atoms. The van der Waals surface area contributed by atoms with Gasteiger partial charge in [0.25, 0.3) is 0 Å². The van der Waals surface area contributed by atoms with Crippen molar-refractivity contribution in [1.82, 2.24) is 20.1 Å². The number of nitrogens with one attached hydrogen (secondary N) is 1. The summed E-state index contributed by atoms with van der Waals surface area (Å²) in [6.45, 7) is 5.57. The summed E-state index contributed by atoms with van der Waals surface area (Å²) in [4.78, 5) is 35.3. The van der Waals surface area contributed by atoms with Gasteiger partial charge < -0.3 is 10.2 Å². The molecular formula is C28H38N4O2. The lowest BCUT2D eigenvalue weighted by Crippen LogP contribution is -2.58. The lowest BCUT2D eigenvalue weighted by atomic mass is 9.93. The van der Waals surface area contributed by atoms with Gasteiger partial charge in [0.2, 0.25) is 11.8 Å². The topological polar surface area (TPSA) is 65.5 Å². The van der Waals surface area contributed by atoms with E-state index in [9.17, 15) is 9.59 Å². The van der Waals surface area contributed by atoms with Crippen molar-refractivity contribution in [1.29, 1.82) is 0 Å². The molecule has 0 bridgehead atoms. The number of nitrogens with zero attached hydrogens (tertiary/aromatic N) is 3. The predicted octanol–water partition coefficient (Wildman–Crippen LogP) is 3.64. The minimum atomic E-state index is -0.0976. The Kier molecular flexibility index (Phi) is 8.69. The van der Waals surface area contributed by atoms with Crippen LogP contribution in [0.1, 0.15) is 56.2 Å². The lowest BCUT2D eigenvalue weighted by molar-refractivity contribution is -0.136. The van der Waals surface area contributed by atoms with E-state index in [1.165, 1.54) is 12.8 Å². The van der Waals surface area contributed by atoms with Crippen molar-refractivity contribution in [3.8, 4) is 0 Å². The minimum absolute atomic E-state index is 0.0896. The number of carbonyl (C=O) groups is 2. The average Bonchev–Trinajstić information content (AvgIpc) is 3.41. The third-order valence-corrected chi connectivity index (χ3v) is 7.45. The predicted molar refractivity (Wildman–Crippen MR) is 134 cm³/mol. The van der Waals surface area contributed by atoms with Crippen molar-refractivity contribution in [2.45, 2.75) is 57.4 Å². The highest BCUT2D eigenvalue weighted by molar-refractivity contribution is 5.84. The Labute approximate surface area is 203 Å². The molecule has 0 unspecified atom stereocenters. The smallest absolute Gasteiger partial charge is 0.237 e. The van der Waals surface area contributed by atoms with Crippen LogP contribution in [0, 0.1) is 5.92 Å². The molecule has 1 saturated carbocycles. The molecule has 1 aromatic heterocycles. The average molecular weight is 463 g/mol. The van der Waals surface area contributed by atoms with E-state index in [1.807, 2.05) is 53.4 Å². The first-order valence-electron chi connectivity index (χ1n) is 12.9. The first kappa shape index (κ1) is 24.4. The Morgan fingerprint density at radius 3 is 2.35 bits per heavy atom. The van der Waals surface area contributed by atoms with Crippen molar-refractivity contribution in [3.05, 3.63) is 66.0 Å². The molecule has 2 fully saturated rings. The summed E-state index contributed by atoms with van der Waals surface area (Å²) in [5.41, 5.74) is 2.09. The van der Waals surface area contributed by atoms with E-state index in [2.05, 4.69) is 22.1 Å². The number of hydrogen-bond acceptors (Lipinski definition) is 4. The maximum atomic E-state index is 13.3. The van der Waals surface area contributed by atoms with Gasteiger partial charge in [-0.25, -0.2) is 0 Å². The standard InChI is InChI=1S/C28H38N4O2/c1-2-25(22-10-4-3-5-11-22)28(34)32-20-18-31(19-21-32)26(23-12-6-7-13-23)27(33)30-17-15-24-14-8-9-16-29-24/h3-5,8-11,14,16,23,25-26H,2,6-7,12-13,15,17-21H2,1H3,(H,30,33)/t25-,26+/m0/s1. The van der Waals surface area contributed by atoms with Gasteiger partial charge in [-0.15, -0.1) is 0 Å². The van der Waals surface area contributed by atoms with Gasteiger partial charge in [0.1, 0.15) is 0 Å². The number of amides is 2. The summed E-state index contributed by atoms with van der Waals surface area (Å²) < 4.78 is 0. The van der Waals surface area contributed by atoms with Crippen LogP contribution in [-0.4, -0.2) is 65.4 Å². The van der Waals surface area contributed by atoms with E-state index in [4.69, 9.17) is 0 Å². The molecule has 2 aliphatic rings. The van der Waals surface area contributed by atoms with Crippen LogP contribution in [0.15, 0.2) is 54.7 Å². The largest absolute Gasteiger partial charge is 0.354 e. The summed E-state index contributed by atoms with van der Waals surface area (Å²) in [6.07, 6.45) is 7.97. The Hall–Kier alpha value is -2.73. The minimum Gasteiger partial charge on any atom is -0.354 e. The quantitative estimate of drug-likeness (QED) is 0.618. The number of aromatic nitrogens is 1. The zero-order valence-electron chi connectivity index (χ0n) is 20.4. The molecule has 1 aliphatic heterocycles. The van der Waals surface area contributed by atoms with E-state index >= 15 is 0 Å². The Balaban J connectivity index is 1.35. The highest BCUT2D eigenvalue weighted by Crippen LogP contribution is 2.31. The second-order valence-corrected chi connectivity index (χ2v) is 9.58. The number of carbonyl (C=O) groups excluding carboxylic acids is 2. The molecule has 1 N–H and O–H groups in total. The van der Waals surface area contributed by atoms with Crippen LogP contribution < -0.4 is 5.32 Å².